The first-order chi connectivity index (χ1) is 7.54. The van der Waals surface area contributed by atoms with Crippen molar-refractivity contribution in [2.45, 2.75) is 39.8 Å². The maximum Gasteiger partial charge on any atom is 0.0372 e. The van der Waals surface area contributed by atoms with Gasteiger partial charge in [-0.3, -0.25) is 0 Å². The first kappa shape index (κ1) is 11.5. The topological polar surface area (TPSA) is 15.3 Å². The molecule has 0 amide bonds. The van der Waals surface area contributed by atoms with Gasteiger partial charge < -0.3 is 10.2 Å². The maximum absolute atomic E-state index is 3.57. The lowest BCUT2D eigenvalue weighted by Gasteiger charge is -2.38. The SMILES string of the molecule is Cc1cc(C)cc(N2CC(C)NC(C)C2)c1. The average Bonchev–Trinajstić information content (AvgIpc) is 2.14. The zero-order valence-electron chi connectivity index (χ0n) is 10.7. The molecule has 1 aliphatic rings. The van der Waals surface area contributed by atoms with Crippen molar-refractivity contribution in [3.05, 3.63) is 29.3 Å². The van der Waals surface area contributed by atoms with Crippen LogP contribution >= 0.6 is 0 Å². The van der Waals surface area contributed by atoms with Crippen LogP contribution in [-0.4, -0.2) is 25.2 Å². The molecule has 1 fully saturated rings. The fourth-order valence-corrected chi connectivity index (χ4v) is 2.67. The van der Waals surface area contributed by atoms with Crippen molar-refractivity contribution in [2.24, 2.45) is 0 Å². The molecule has 0 spiro atoms. The third kappa shape index (κ3) is 2.56. The number of piperazine rings is 1. The van der Waals surface area contributed by atoms with Gasteiger partial charge in [-0.15, -0.1) is 0 Å². The van der Waals surface area contributed by atoms with E-state index in [1.54, 1.807) is 0 Å². The highest BCUT2D eigenvalue weighted by atomic mass is 15.2. The van der Waals surface area contributed by atoms with Crippen molar-refractivity contribution in [3.8, 4) is 0 Å². The molecule has 2 heteroatoms. The molecule has 1 saturated heterocycles. The summed E-state index contributed by atoms with van der Waals surface area (Å²) in [5, 5.41) is 3.57. The van der Waals surface area contributed by atoms with Gasteiger partial charge in [0, 0.05) is 30.9 Å². The van der Waals surface area contributed by atoms with Gasteiger partial charge in [0.05, 0.1) is 0 Å². The summed E-state index contributed by atoms with van der Waals surface area (Å²) in [6.45, 7) is 11.1. The molecule has 1 aromatic rings. The Balaban J connectivity index is 2.22. The Morgan fingerprint density at radius 2 is 1.50 bits per heavy atom. The summed E-state index contributed by atoms with van der Waals surface area (Å²) >= 11 is 0. The van der Waals surface area contributed by atoms with Crippen molar-refractivity contribution in [1.82, 2.24) is 5.32 Å². The lowest BCUT2D eigenvalue weighted by molar-refractivity contribution is 0.407. The molecule has 1 aliphatic heterocycles. The van der Waals surface area contributed by atoms with E-state index >= 15 is 0 Å². The van der Waals surface area contributed by atoms with Crippen LogP contribution in [0, 0.1) is 13.8 Å². The monoisotopic (exact) mass is 218 g/mol. The van der Waals surface area contributed by atoms with E-state index < -0.39 is 0 Å². The quantitative estimate of drug-likeness (QED) is 0.779. The molecular weight excluding hydrogens is 196 g/mol. The second-order valence-corrected chi connectivity index (χ2v) is 5.22. The van der Waals surface area contributed by atoms with Crippen molar-refractivity contribution in [1.29, 1.82) is 0 Å². The van der Waals surface area contributed by atoms with Crippen molar-refractivity contribution < 1.29 is 0 Å². The lowest BCUT2D eigenvalue weighted by Crippen LogP contribution is -2.54. The predicted octanol–water partition coefficient (Wildman–Crippen LogP) is 2.49. The Bertz CT molecular complexity index is 343. The molecule has 1 heterocycles. The number of hydrogen-bond donors (Lipinski definition) is 1. The van der Waals surface area contributed by atoms with Crippen LogP contribution in [0.5, 0.6) is 0 Å². The molecule has 0 radical (unpaired) electrons. The summed E-state index contributed by atoms with van der Waals surface area (Å²) in [5.74, 6) is 0. The smallest absolute Gasteiger partial charge is 0.0372 e. The fraction of sp³-hybridized carbons (Fsp3) is 0.571. The fourth-order valence-electron chi connectivity index (χ4n) is 2.67. The van der Waals surface area contributed by atoms with E-state index in [2.05, 4.69) is 56.1 Å². The summed E-state index contributed by atoms with van der Waals surface area (Å²) in [6, 6.07) is 7.96. The standard InChI is InChI=1S/C14H22N2/c1-10-5-11(2)7-14(6-10)16-8-12(3)15-13(4)9-16/h5-7,12-13,15H,8-9H2,1-4H3. The number of nitrogens with one attached hydrogen (secondary N) is 1. The molecule has 0 aliphatic carbocycles. The van der Waals surface area contributed by atoms with Gasteiger partial charge in [-0.1, -0.05) is 6.07 Å². The largest absolute Gasteiger partial charge is 0.368 e. The summed E-state index contributed by atoms with van der Waals surface area (Å²) < 4.78 is 0. The molecule has 1 N–H and O–H groups in total. The van der Waals surface area contributed by atoms with Crippen LogP contribution in [0.3, 0.4) is 0 Å². The zero-order valence-corrected chi connectivity index (χ0v) is 10.7. The van der Waals surface area contributed by atoms with E-state index in [1.807, 2.05) is 0 Å². The molecule has 2 nitrogen and oxygen atoms in total. The van der Waals surface area contributed by atoms with Crippen molar-refractivity contribution in [2.75, 3.05) is 18.0 Å². The van der Waals surface area contributed by atoms with Crippen LogP contribution in [-0.2, 0) is 0 Å². The summed E-state index contributed by atoms with van der Waals surface area (Å²) in [6.07, 6.45) is 0. The van der Waals surface area contributed by atoms with E-state index in [9.17, 15) is 0 Å². The van der Waals surface area contributed by atoms with Gasteiger partial charge >= 0.3 is 0 Å². The Labute approximate surface area is 98.7 Å². The normalized spacial score (nSPS) is 25.9. The molecule has 0 bridgehead atoms. The number of benzene rings is 1. The first-order valence-electron chi connectivity index (χ1n) is 6.14. The number of rotatable bonds is 1. The van der Waals surface area contributed by atoms with Crippen molar-refractivity contribution >= 4 is 5.69 Å². The average molecular weight is 218 g/mol. The number of hydrogen-bond acceptors (Lipinski definition) is 2. The second-order valence-electron chi connectivity index (χ2n) is 5.22. The van der Waals surface area contributed by atoms with Gasteiger partial charge in [0.15, 0.2) is 0 Å². The molecule has 2 unspecified atom stereocenters. The molecular formula is C14H22N2. The summed E-state index contributed by atoms with van der Waals surface area (Å²) in [4.78, 5) is 2.49. The maximum atomic E-state index is 3.57. The van der Waals surface area contributed by atoms with E-state index in [1.165, 1.54) is 16.8 Å². The minimum absolute atomic E-state index is 0.574. The minimum atomic E-state index is 0.574. The summed E-state index contributed by atoms with van der Waals surface area (Å²) in [7, 11) is 0. The predicted molar refractivity (Wildman–Crippen MR) is 70.2 cm³/mol. The van der Waals surface area contributed by atoms with Crippen LogP contribution in [0.4, 0.5) is 5.69 Å². The molecule has 16 heavy (non-hydrogen) atoms. The molecule has 0 saturated carbocycles. The molecule has 88 valence electrons. The van der Waals surface area contributed by atoms with Crippen LogP contribution < -0.4 is 10.2 Å². The van der Waals surface area contributed by atoms with Crippen molar-refractivity contribution in [3.63, 3.8) is 0 Å². The van der Waals surface area contributed by atoms with Crippen LogP contribution in [0.15, 0.2) is 18.2 Å². The Kier molecular flexibility index (Phi) is 3.20. The molecule has 2 atom stereocenters. The lowest BCUT2D eigenvalue weighted by atomic mass is 10.1. The first-order valence-corrected chi connectivity index (χ1v) is 6.14. The van der Waals surface area contributed by atoms with E-state index in [4.69, 9.17) is 0 Å². The number of aryl methyl sites for hydroxylation is 2. The molecule has 0 aromatic heterocycles. The third-order valence-corrected chi connectivity index (χ3v) is 3.13. The molecule has 2 rings (SSSR count). The Morgan fingerprint density at radius 1 is 1.00 bits per heavy atom. The van der Waals surface area contributed by atoms with E-state index in [0.717, 1.165) is 13.1 Å². The van der Waals surface area contributed by atoms with Crippen LogP contribution in [0.25, 0.3) is 0 Å². The third-order valence-electron chi connectivity index (χ3n) is 3.13. The van der Waals surface area contributed by atoms with Gasteiger partial charge in [0.1, 0.15) is 0 Å². The van der Waals surface area contributed by atoms with Gasteiger partial charge in [-0.05, 0) is 51.0 Å². The van der Waals surface area contributed by atoms with Gasteiger partial charge in [0.2, 0.25) is 0 Å². The van der Waals surface area contributed by atoms with E-state index in [-0.39, 0.29) is 0 Å². The van der Waals surface area contributed by atoms with Gasteiger partial charge in [-0.2, -0.15) is 0 Å². The highest BCUT2D eigenvalue weighted by Crippen LogP contribution is 2.21. The highest BCUT2D eigenvalue weighted by Gasteiger charge is 2.21. The molecule has 1 aromatic carbocycles. The van der Waals surface area contributed by atoms with Crippen LogP contribution in [0.1, 0.15) is 25.0 Å². The van der Waals surface area contributed by atoms with Gasteiger partial charge in [-0.25, -0.2) is 0 Å². The number of anilines is 1. The number of nitrogens with zero attached hydrogens (tertiary/aromatic N) is 1. The highest BCUT2D eigenvalue weighted by molar-refractivity contribution is 5.51. The second kappa shape index (κ2) is 4.46. The minimum Gasteiger partial charge on any atom is -0.368 e. The Morgan fingerprint density at radius 3 is 2.00 bits per heavy atom. The zero-order chi connectivity index (χ0) is 11.7. The Hall–Kier alpha value is -1.02. The summed E-state index contributed by atoms with van der Waals surface area (Å²) in [5.41, 5.74) is 4.08. The van der Waals surface area contributed by atoms with E-state index in [0.29, 0.717) is 12.1 Å². The van der Waals surface area contributed by atoms with Crippen LogP contribution in [0.2, 0.25) is 0 Å². The van der Waals surface area contributed by atoms with Gasteiger partial charge in [0.25, 0.3) is 0 Å².